The van der Waals surface area contributed by atoms with Crippen molar-refractivity contribution in [3.63, 3.8) is 0 Å². The van der Waals surface area contributed by atoms with Crippen LogP contribution in [-0.4, -0.2) is 10.8 Å². The maximum absolute atomic E-state index is 12.0. The first-order chi connectivity index (χ1) is 8.34. The Morgan fingerprint density at radius 1 is 1.00 bits per heavy atom. The van der Waals surface area contributed by atoms with Gasteiger partial charge in [-0.25, -0.2) is 0 Å². The molecule has 0 bridgehead atoms. The Kier molecular flexibility index (Phi) is 2.33. The Bertz CT molecular complexity index is 599. The Morgan fingerprint density at radius 2 is 1.82 bits per heavy atom. The number of carbonyl (C=O) groups is 1. The van der Waals surface area contributed by atoms with Crippen LogP contribution in [0.25, 0.3) is 11.6 Å². The molecule has 0 atom stereocenters. The van der Waals surface area contributed by atoms with E-state index in [1.165, 1.54) is 0 Å². The highest BCUT2D eigenvalue weighted by molar-refractivity contribution is 6.27. The molecule has 2 nitrogen and oxygen atoms in total. The van der Waals surface area contributed by atoms with E-state index < -0.39 is 0 Å². The van der Waals surface area contributed by atoms with Crippen LogP contribution in [0, 0.1) is 0 Å². The van der Waals surface area contributed by atoms with Gasteiger partial charge in [0.15, 0.2) is 5.78 Å². The zero-order valence-corrected chi connectivity index (χ0v) is 9.26. The summed E-state index contributed by atoms with van der Waals surface area (Å²) in [6.45, 7) is 0. The zero-order valence-electron chi connectivity index (χ0n) is 9.26. The number of hydrogen-bond donors (Lipinski definition) is 0. The molecule has 1 aromatic heterocycles. The Labute approximate surface area is 99.6 Å². The number of fused-ring (bicyclic) bond motifs is 1. The van der Waals surface area contributed by atoms with Gasteiger partial charge in [0.1, 0.15) is 0 Å². The van der Waals surface area contributed by atoms with Crippen LogP contribution in [0.2, 0.25) is 0 Å². The summed E-state index contributed by atoms with van der Waals surface area (Å²) in [5.74, 6) is 0.141. The van der Waals surface area contributed by atoms with Gasteiger partial charge in [0.25, 0.3) is 0 Å². The fraction of sp³-hybridized carbons (Fsp3) is 0.0667. The Morgan fingerprint density at radius 3 is 2.65 bits per heavy atom. The maximum Gasteiger partial charge on any atom is 0.169 e. The van der Waals surface area contributed by atoms with E-state index in [2.05, 4.69) is 4.98 Å². The van der Waals surface area contributed by atoms with Crippen LogP contribution >= 0.6 is 0 Å². The van der Waals surface area contributed by atoms with E-state index in [0.29, 0.717) is 12.0 Å². The lowest BCUT2D eigenvalue weighted by atomic mass is 9.89. The number of nitrogens with zero attached hydrogens (tertiary/aromatic N) is 1. The summed E-state index contributed by atoms with van der Waals surface area (Å²) in [6.07, 6.45) is 4.12. The molecule has 0 spiro atoms. The molecule has 0 N–H and O–H groups in total. The average molecular weight is 221 g/mol. The van der Waals surface area contributed by atoms with Crippen LogP contribution in [0.4, 0.5) is 0 Å². The Balaban J connectivity index is 2.13. The van der Waals surface area contributed by atoms with Gasteiger partial charge >= 0.3 is 0 Å². The molecule has 1 aromatic carbocycles. The lowest BCUT2D eigenvalue weighted by molar-refractivity contribution is -0.113. The summed E-state index contributed by atoms with van der Waals surface area (Å²) < 4.78 is 0. The average Bonchev–Trinajstić information content (AvgIpc) is 2.39. The van der Waals surface area contributed by atoms with Gasteiger partial charge in [-0.1, -0.05) is 30.3 Å². The van der Waals surface area contributed by atoms with Crippen LogP contribution < -0.4 is 0 Å². The van der Waals surface area contributed by atoms with E-state index in [9.17, 15) is 4.79 Å². The molecule has 17 heavy (non-hydrogen) atoms. The highest BCUT2D eigenvalue weighted by Gasteiger charge is 2.19. The van der Waals surface area contributed by atoms with Gasteiger partial charge in [0, 0.05) is 18.2 Å². The molecule has 2 heteroatoms. The van der Waals surface area contributed by atoms with Crippen molar-refractivity contribution in [1.29, 1.82) is 0 Å². The molecule has 1 aliphatic carbocycles. The number of allylic oxidation sites excluding steroid dienone is 1. The van der Waals surface area contributed by atoms with Crippen LogP contribution in [-0.2, 0) is 11.2 Å². The summed E-state index contributed by atoms with van der Waals surface area (Å²) in [4.78, 5) is 16.3. The van der Waals surface area contributed by atoms with Crippen molar-refractivity contribution in [1.82, 2.24) is 4.98 Å². The minimum atomic E-state index is 0.141. The first-order valence-corrected chi connectivity index (χ1v) is 5.59. The van der Waals surface area contributed by atoms with Crippen LogP contribution in [0.5, 0.6) is 0 Å². The molecule has 1 heterocycles. The molecular formula is C15H11NO. The number of carbonyl (C=O) groups excluding carboxylic acids is 1. The van der Waals surface area contributed by atoms with Crippen LogP contribution in [0.15, 0.2) is 48.7 Å². The van der Waals surface area contributed by atoms with E-state index in [4.69, 9.17) is 0 Å². The van der Waals surface area contributed by atoms with E-state index in [0.717, 1.165) is 16.8 Å². The molecule has 1 aliphatic rings. The Hall–Kier alpha value is -2.22. The lowest BCUT2D eigenvalue weighted by Gasteiger charge is -2.14. The summed E-state index contributed by atoms with van der Waals surface area (Å²) in [5.41, 5.74) is 3.68. The van der Waals surface area contributed by atoms with Crippen molar-refractivity contribution in [3.8, 4) is 0 Å². The van der Waals surface area contributed by atoms with Gasteiger partial charge in [0.05, 0.1) is 5.69 Å². The predicted molar refractivity (Wildman–Crippen MR) is 67.3 cm³/mol. The van der Waals surface area contributed by atoms with Crippen LogP contribution in [0.3, 0.4) is 0 Å². The second kappa shape index (κ2) is 3.98. The predicted octanol–water partition coefficient (Wildman–Crippen LogP) is 2.75. The number of benzene rings is 1. The fourth-order valence-electron chi connectivity index (χ4n) is 2.08. The molecule has 0 saturated heterocycles. The SMILES string of the molecule is O=C1Cc2ccccc2C=C1c1ccccn1. The number of Topliss-reactive ketones (excluding diaryl/α,β-unsaturated/α-hetero) is 1. The molecule has 2 aromatic rings. The minimum Gasteiger partial charge on any atom is -0.294 e. The highest BCUT2D eigenvalue weighted by atomic mass is 16.1. The standard InChI is InChI=1S/C15H11NO/c17-15-10-12-6-2-1-5-11(12)9-13(15)14-7-3-4-8-16-14/h1-9H,10H2. The third-order valence-corrected chi connectivity index (χ3v) is 2.95. The third-order valence-electron chi connectivity index (χ3n) is 2.95. The van der Waals surface area contributed by atoms with Gasteiger partial charge < -0.3 is 0 Å². The van der Waals surface area contributed by atoms with Gasteiger partial charge in [-0.15, -0.1) is 0 Å². The number of ketones is 1. The molecular weight excluding hydrogens is 210 g/mol. The van der Waals surface area contributed by atoms with Crippen molar-refractivity contribution in [3.05, 3.63) is 65.5 Å². The summed E-state index contributed by atoms with van der Waals surface area (Å²) >= 11 is 0. The van der Waals surface area contributed by atoms with Crippen molar-refractivity contribution in [2.45, 2.75) is 6.42 Å². The highest BCUT2D eigenvalue weighted by Crippen LogP contribution is 2.26. The van der Waals surface area contributed by atoms with E-state index in [-0.39, 0.29) is 5.78 Å². The quantitative estimate of drug-likeness (QED) is 0.741. The molecule has 3 rings (SSSR count). The third kappa shape index (κ3) is 1.78. The van der Waals surface area contributed by atoms with Gasteiger partial charge in [-0.3, -0.25) is 9.78 Å². The number of pyridine rings is 1. The molecule has 0 saturated carbocycles. The van der Waals surface area contributed by atoms with Gasteiger partial charge in [-0.05, 0) is 29.3 Å². The van der Waals surface area contributed by atoms with E-state index >= 15 is 0 Å². The fourth-order valence-corrected chi connectivity index (χ4v) is 2.08. The summed E-state index contributed by atoms with van der Waals surface area (Å²) in [6, 6.07) is 13.6. The molecule has 0 radical (unpaired) electrons. The monoisotopic (exact) mass is 221 g/mol. The second-order valence-electron chi connectivity index (χ2n) is 4.07. The van der Waals surface area contributed by atoms with Crippen molar-refractivity contribution in [2.24, 2.45) is 0 Å². The van der Waals surface area contributed by atoms with Gasteiger partial charge in [-0.2, -0.15) is 0 Å². The smallest absolute Gasteiger partial charge is 0.169 e. The minimum absolute atomic E-state index is 0.141. The molecule has 0 unspecified atom stereocenters. The maximum atomic E-state index is 12.0. The van der Waals surface area contributed by atoms with Crippen molar-refractivity contribution >= 4 is 17.4 Å². The van der Waals surface area contributed by atoms with E-state index in [1.54, 1.807) is 6.20 Å². The molecule has 0 fully saturated rings. The van der Waals surface area contributed by atoms with Crippen molar-refractivity contribution < 1.29 is 4.79 Å². The van der Waals surface area contributed by atoms with Crippen molar-refractivity contribution in [2.75, 3.05) is 0 Å². The van der Waals surface area contributed by atoms with E-state index in [1.807, 2.05) is 48.5 Å². The summed E-state index contributed by atoms with van der Waals surface area (Å²) in [5, 5.41) is 0. The van der Waals surface area contributed by atoms with Crippen LogP contribution in [0.1, 0.15) is 16.8 Å². The molecule has 0 aliphatic heterocycles. The molecule has 82 valence electrons. The zero-order chi connectivity index (χ0) is 11.7. The topological polar surface area (TPSA) is 30.0 Å². The normalized spacial score (nSPS) is 14.1. The van der Waals surface area contributed by atoms with Gasteiger partial charge in [0.2, 0.25) is 0 Å². The summed E-state index contributed by atoms with van der Waals surface area (Å²) in [7, 11) is 0. The number of aromatic nitrogens is 1. The number of hydrogen-bond acceptors (Lipinski definition) is 2. The molecule has 0 amide bonds. The number of rotatable bonds is 1. The largest absolute Gasteiger partial charge is 0.294 e. The first-order valence-electron chi connectivity index (χ1n) is 5.59. The lowest BCUT2D eigenvalue weighted by Crippen LogP contribution is -2.12. The second-order valence-corrected chi connectivity index (χ2v) is 4.07. The first kappa shape index (κ1) is 9.97.